The molecule has 122 valence electrons. The van der Waals surface area contributed by atoms with E-state index in [0.717, 1.165) is 12.5 Å². The van der Waals surface area contributed by atoms with E-state index in [4.69, 9.17) is 0 Å². The summed E-state index contributed by atoms with van der Waals surface area (Å²) in [5.41, 5.74) is 0.271. The van der Waals surface area contributed by atoms with Crippen molar-refractivity contribution in [3.63, 3.8) is 0 Å². The second-order valence-electron chi connectivity index (χ2n) is 5.57. The minimum Gasteiger partial charge on any atom is -0.329 e. The van der Waals surface area contributed by atoms with E-state index in [0.29, 0.717) is 37.2 Å². The summed E-state index contributed by atoms with van der Waals surface area (Å²) in [5.74, 6) is -0.480. The number of halogens is 4. The predicted octanol–water partition coefficient (Wildman–Crippen LogP) is 3.18. The van der Waals surface area contributed by atoms with Crippen molar-refractivity contribution in [3.05, 3.63) is 34.4 Å². The quantitative estimate of drug-likeness (QED) is 0.901. The molecule has 3 rings (SSSR count). The number of nitrogens with one attached hydrogen (secondary N) is 1. The first-order valence-corrected chi connectivity index (χ1v) is 7.19. The van der Waals surface area contributed by atoms with Crippen molar-refractivity contribution in [2.75, 3.05) is 19.6 Å². The van der Waals surface area contributed by atoms with Crippen molar-refractivity contribution in [1.29, 1.82) is 0 Å². The number of aryl methyl sites for hydroxylation is 1. The van der Waals surface area contributed by atoms with Gasteiger partial charge in [0.1, 0.15) is 0 Å². The highest BCUT2D eigenvalue weighted by Gasteiger charge is 2.45. The van der Waals surface area contributed by atoms with Gasteiger partial charge in [-0.3, -0.25) is 4.79 Å². The standard InChI is InChI=1S/C15H17F3N2O.ClH/c1-2-3-9-6-10-12-8-19-4-5-20(12)14(21)13(10)11(7-9)15(16,17)18;/h6-7,12,19H,2-5,8H2,1H3;1H/t12-;/m0./s1. The summed E-state index contributed by atoms with van der Waals surface area (Å²) in [6.07, 6.45) is -3.13. The van der Waals surface area contributed by atoms with Crippen molar-refractivity contribution >= 4 is 18.3 Å². The molecule has 0 bridgehead atoms. The zero-order valence-electron chi connectivity index (χ0n) is 12.2. The van der Waals surface area contributed by atoms with Gasteiger partial charge in [0, 0.05) is 19.6 Å². The Hall–Kier alpha value is -1.27. The number of nitrogens with zero attached hydrogens (tertiary/aromatic N) is 1. The second-order valence-corrected chi connectivity index (χ2v) is 5.57. The molecule has 2 aliphatic heterocycles. The van der Waals surface area contributed by atoms with Gasteiger partial charge in [-0.25, -0.2) is 0 Å². The Morgan fingerprint density at radius 1 is 1.36 bits per heavy atom. The average molecular weight is 335 g/mol. The minimum atomic E-state index is -4.49. The van der Waals surface area contributed by atoms with Crippen LogP contribution in [0.2, 0.25) is 0 Å². The molecule has 0 aromatic heterocycles. The summed E-state index contributed by atoms with van der Waals surface area (Å²) in [7, 11) is 0. The lowest BCUT2D eigenvalue weighted by atomic mass is 9.94. The number of fused-ring (bicyclic) bond motifs is 3. The van der Waals surface area contributed by atoms with Gasteiger partial charge in [0.15, 0.2) is 0 Å². The summed E-state index contributed by atoms with van der Waals surface area (Å²) in [4.78, 5) is 13.9. The molecule has 0 aliphatic carbocycles. The second kappa shape index (κ2) is 6.08. The molecule has 2 aliphatic rings. The van der Waals surface area contributed by atoms with E-state index < -0.39 is 17.6 Å². The third-order valence-corrected chi connectivity index (χ3v) is 4.15. The summed E-state index contributed by atoms with van der Waals surface area (Å²) in [5, 5.41) is 3.15. The van der Waals surface area contributed by atoms with Gasteiger partial charge in [-0.1, -0.05) is 19.4 Å². The van der Waals surface area contributed by atoms with E-state index in [1.807, 2.05) is 6.92 Å². The van der Waals surface area contributed by atoms with Crippen LogP contribution >= 0.6 is 12.4 Å². The fraction of sp³-hybridized carbons (Fsp3) is 0.533. The number of amides is 1. The van der Waals surface area contributed by atoms with Gasteiger partial charge in [-0.05, 0) is 23.6 Å². The highest BCUT2D eigenvalue weighted by molar-refractivity contribution is 6.01. The Kier molecular flexibility index (Phi) is 4.73. The largest absolute Gasteiger partial charge is 0.417 e. The zero-order chi connectivity index (χ0) is 15.2. The number of carbonyl (C=O) groups excluding carboxylic acids is 1. The number of rotatable bonds is 2. The van der Waals surface area contributed by atoms with Gasteiger partial charge in [0.25, 0.3) is 5.91 Å². The Balaban J connectivity index is 0.00000176. The number of hydrogen-bond donors (Lipinski definition) is 1. The number of alkyl halides is 3. The molecular weight excluding hydrogens is 317 g/mol. The molecule has 1 atom stereocenters. The van der Waals surface area contributed by atoms with E-state index in [2.05, 4.69) is 5.32 Å². The highest BCUT2D eigenvalue weighted by atomic mass is 35.5. The minimum absolute atomic E-state index is 0. The smallest absolute Gasteiger partial charge is 0.329 e. The van der Waals surface area contributed by atoms with Gasteiger partial charge in [-0.15, -0.1) is 12.4 Å². The van der Waals surface area contributed by atoms with Crippen molar-refractivity contribution in [1.82, 2.24) is 10.2 Å². The Morgan fingerprint density at radius 3 is 2.73 bits per heavy atom. The lowest BCUT2D eigenvalue weighted by molar-refractivity contribution is -0.138. The van der Waals surface area contributed by atoms with E-state index in [1.54, 1.807) is 11.0 Å². The lowest BCUT2D eigenvalue weighted by Gasteiger charge is -2.30. The molecule has 1 aromatic carbocycles. The molecule has 7 heteroatoms. The third-order valence-electron chi connectivity index (χ3n) is 4.15. The van der Waals surface area contributed by atoms with Gasteiger partial charge < -0.3 is 10.2 Å². The summed E-state index contributed by atoms with van der Waals surface area (Å²) < 4.78 is 40.0. The predicted molar refractivity (Wildman–Crippen MR) is 79.3 cm³/mol. The monoisotopic (exact) mass is 334 g/mol. The average Bonchev–Trinajstić information content (AvgIpc) is 2.72. The highest BCUT2D eigenvalue weighted by Crippen LogP contribution is 2.42. The van der Waals surface area contributed by atoms with E-state index >= 15 is 0 Å². The maximum Gasteiger partial charge on any atom is 0.417 e. The van der Waals surface area contributed by atoms with Crippen LogP contribution in [0.25, 0.3) is 0 Å². The van der Waals surface area contributed by atoms with E-state index in [1.165, 1.54) is 0 Å². The zero-order valence-corrected chi connectivity index (χ0v) is 13.0. The number of hydrogen-bond acceptors (Lipinski definition) is 2. The maximum absolute atomic E-state index is 13.3. The number of piperazine rings is 1. The SMILES string of the molecule is CCCc1cc2c(c(C(F)(F)F)c1)C(=O)N1CCNC[C@@H]21.Cl. The number of benzene rings is 1. The van der Waals surface area contributed by atoms with Crippen LogP contribution in [0.15, 0.2) is 12.1 Å². The molecule has 0 unspecified atom stereocenters. The first-order valence-electron chi connectivity index (χ1n) is 7.19. The molecule has 22 heavy (non-hydrogen) atoms. The van der Waals surface area contributed by atoms with Crippen LogP contribution < -0.4 is 5.32 Å². The van der Waals surface area contributed by atoms with Gasteiger partial charge in [-0.2, -0.15) is 13.2 Å². The molecule has 1 N–H and O–H groups in total. The molecule has 0 spiro atoms. The molecular formula is C15H18ClF3N2O. The molecule has 0 saturated carbocycles. The van der Waals surface area contributed by atoms with Crippen molar-refractivity contribution in [2.45, 2.75) is 32.0 Å². The summed E-state index contributed by atoms with van der Waals surface area (Å²) >= 11 is 0. The van der Waals surface area contributed by atoms with Gasteiger partial charge in [0.2, 0.25) is 0 Å². The first kappa shape index (κ1) is 17.1. The first-order chi connectivity index (χ1) is 9.93. The van der Waals surface area contributed by atoms with Crippen molar-refractivity contribution in [2.24, 2.45) is 0 Å². The van der Waals surface area contributed by atoms with Crippen LogP contribution in [0.5, 0.6) is 0 Å². The number of carbonyl (C=O) groups is 1. The fourth-order valence-electron chi connectivity index (χ4n) is 3.25. The topological polar surface area (TPSA) is 32.3 Å². The molecule has 3 nitrogen and oxygen atoms in total. The van der Waals surface area contributed by atoms with Crippen molar-refractivity contribution in [3.8, 4) is 0 Å². The fourth-order valence-corrected chi connectivity index (χ4v) is 3.25. The molecule has 0 radical (unpaired) electrons. The molecule has 1 saturated heterocycles. The van der Waals surface area contributed by atoms with Crippen LogP contribution in [0, 0.1) is 0 Å². The van der Waals surface area contributed by atoms with E-state index in [9.17, 15) is 18.0 Å². The van der Waals surface area contributed by atoms with Crippen LogP contribution in [-0.4, -0.2) is 30.4 Å². The third kappa shape index (κ3) is 2.70. The van der Waals surface area contributed by atoms with Crippen LogP contribution in [0.3, 0.4) is 0 Å². The maximum atomic E-state index is 13.3. The molecule has 1 fully saturated rings. The summed E-state index contributed by atoms with van der Waals surface area (Å²) in [6, 6.07) is 2.66. The Morgan fingerprint density at radius 2 is 2.09 bits per heavy atom. The Bertz CT molecular complexity index is 589. The Labute approximate surface area is 133 Å². The molecule has 1 amide bonds. The van der Waals surface area contributed by atoms with Crippen molar-refractivity contribution < 1.29 is 18.0 Å². The lowest BCUT2D eigenvalue weighted by Crippen LogP contribution is -2.44. The normalized spacial score (nSPS) is 20.5. The molecule has 2 heterocycles. The van der Waals surface area contributed by atoms with Gasteiger partial charge >= 0.3 is 6.18 Å². The van der Waals surface area contributed by atoms with Crippen LogP contribution in [0.4, 0.5) is 13.2 Å². The summed E-state index contributed by atoms with van der Waals surface area (Å²) in [6.45, 7) is 3.53. The molecule has 1 aromatic rings. The van der Waals surface area contributed by atoms with Gasteiger partial charge in [0.05, 0.1) is 17.2 Å². The van der Waals surface area contributed by atoms with Crippen LogP contribution in [-0.2, 0) is 12.6 Å². The van der Waals surface area contributed by atoms with Crippen LogP contribution in [0.1, 0.15) is 46.4 Å². The van der Waals surface area contributed by atoms with E-state index in [-0.39, 0.29) is 24.0 Å².